The Bertz CT molecular complexity index is 527. The third-order valence-corrected chi connectivity index (χ3v) is 6.93. The molecule has 0 bridgehead atoms. The predicted molar refractivity (Wildman–Crippen MR) is 129 cm³/mol. The lowest BCUT2D eigenvalue weighted by molar-refractivity contribution is -0.145. The van der Waals surface area contributed by atoms with Gasteiger partial charge in [-0.2, -0.15) is 0 Å². The first-order valence-corrected chi connectivity index (χ1v) is 13.1. The molecule has 186 valence electrons. The monoisotopic (exact) mass is 452 g/mol. The number of hydrogen-bond acceptors (Lipinski definition) is 5. The minimum absolute atomic E-state index is 0.147. The van der Waals surface area contributed by atoms with E-state index in [4.69, 9.17) is 9.47 Å². The molecule has 2 N–H and O–H groups in total. The van der Waals surface area contributed by atoms with Crippen molar-refractivity contribution in [2.45, 2.75) is 141 Å². The molecule has 0 aromatic carbocycles. The van der Waals surface area contributed by atoms with Gasteiger partial charge in [-0.25, -0.2) is 9.59 Å². The Balaban J connectivity index is 0.000000242. The van der Waals surface area contributed by atoms with Gasteiger partial charge < -0.3 is 20.1 Å². The van der Waals surface area contributed by atoms with Crippen LogP contribution in [0.25, 0.3) is 0 Å². The number of methoxy groups -OCH3 is 1. The Morgan fingerprint density at radius 3 is 1.59 bits per heavy atom. The van der Waals surface area contributed by atoms with Crippen molar-refractivity contribution < 1.29 is 19.1 Å². The van der Waals surface area contributed by atoms with Gasteiger partial charge in [0.05, 0.1) is 7.11 Å². The molecule has 6 heteroatoms. The van der Waals surface area contributed by atoms with Crippen molar-refractivity contribution in [3.63, 3.8) is 0 Å². The van der Waals surface area contributed by atoms with E-state index in [1.807, 2.05) is 0 Å². The van der Waals surface area contributed by atoms with E-state index in [9.17, 15) is 9.59 Å². The number of nitrogens with one attached hydrogen (secondary N) is 2. The Morgan fingerprint density at radius 2 is 1.19 bits per heavy atom. The van der Waals surface area contributed by atoms with Crippen LogP contribution in [0.5, 0.6) is 0 Å². The van der Waals surface area contributed by atoms with Gasteiger partial charge in [-0.3, -0.25) is 0 Å². The minimum atomic E-state index is -0.597. The van der Waals surface area contributed by atoms with E-state index in [0.717, 1.165) is 37.8 Å². The molecule has 0 aliphatic heterocycles. The molecule has 0 unspecified atom stereocenters. The lowest BCUT2D eigenvalue weighted by Gasteiger charge is -2.30. The third-order valence-electron chi connectivity index (χ3n) is 6.93. The number of hydrogen-bond donors (Lipinski definition) is 2. The lowest BCUT2D eigenvalue weighted by atomic mass is 9.84. The first kappa shape index (κ1) is 26.9. The van der Waals surface area contributed by atoms with Crippen LogP contribution in [0.4, 0.5) is 4.79 Å². The predicted octanol–water partition coefficient (Wildman–Crippen LogP) is 5.87. The van der Waals surface area contributed by atoms with Gasteiger partial charge in [0.2, 0.25) is 0 Å². The third kappa shape index (κ3) is 10.5. The second-order valence-electron chi connectivity index (χ2n) is 10.9. The fourth-order valence-corrected chi connectivity index (χ4v) is 5.27. The highest BCUT2D eigenvalue weighted by Crippen LogP contribution is 2.27. The van der Waals surface area contributed by atoms with E-state index in [1.54, 1.807) is 20.8 Å². The second-order valence-corrected chi connectivity index (χ2v) is 10.9. The Morgan fingerprint density at radius 1 is 0.750 bits per heavy atom. The molecule has 3 rings (SSSR count). The van der Waals surface area contributed by atoms with Gasteiger partial charge in [0.1, 0.15) is 11.6 Å². The standard InChI is InChI=1S/C14H25NO4.C12H23N/c1-14(2,3)19-13(17)15-11(12(16)18-4)10-8-6-5-7-9-10;1-3-7-11(8-4-1)13-12-9-5-2-6-10-12/h10-11H,5-9H2,1-4H3,(H,15,17);11-13H,1-10H2/t11-;/m0./s1. The zero-order valence-corrected chi connectivity index (χ0v) is 21.0. The molecule has 3 saturated carbocycles. The average Bonchev–Trinajstić information content (AvgIpc) is 2.78. The molecule has 32 heavy (non-hydrogen) atoms. The van der Waals surface area contributed by atoms with Crippen LogP contribution in [0, 0.1) is 5.92 Å². The molecule has 6 nitrogen and oxygen atoms in total. The maximum absolute atomic E-state index is 11.8. The van der Waals surface area contributed by atoms with E-state index in [-0.39, 0.29) is 5.92 Å². The number of alkyl carbamates (subject to hydrolysis) is 1. The van der Waals surface area contributed by atoms with Crippen molar-refractivity contribution in [2.24, 2.45) is 5.92 Å². The maximum atomic E-state index is 11.8. The van der Waals surface area contributed by atoms with Crippen LogP contribution in [0.15, 0.2) is 0 Å². The van der Waals surface area contributed by atoms with Crippen molar-refractivity contribution in [3.8, 4) is 0 Å². The topological polar surface area (TPSA) is 76.7 Å². The van der Waals surface area contributed by atoms with Crippen molar-refractivity contribution in [1.29, 1.82) is 0 Å². The van der Waals surface area contributed by atoms with E-state index in [2.05, 4.69) is 10.6 Å². The molecule has 0 aromatic heterocycles. The van der Waals surface area contributed by atoms with Gasteiger partial charge in [-0.1, -0.05) is 57.8 Å². The van der Waals surface area contributed by atoms with Gasteiger partial charge in [-0.15, -0.1) is 0 Å². The first-order valence-electron chi connectivity index (χ1n) is 13.1. The molecule has 1 atom stereocenters. The highest BCUT2D eigenvalue weighted by molar-refractivity contribution is 5.81. The fraction of sp³-hybridized carbons (Fsp3) is 0.923. The normalized spacial score (nSPS) is 22.2. The number of carbonyl (C=O) groups excluding carboxylic acids is 2. The van der Waals surface area contributed by atoms with Gasteiger partial charge in [0.15, 0.2) is 0 Å². The quantitative estimate of drug-likeness (QED) is 0.510. The van der Waals surface area contributed by atoms with Crippen molar-refractivity contribution in [3.05, 3.63) is 0 Å². The van der Waals surface area contributed by atoms with Crippen molar-refractivity contribution >= 4 is 12.1 Å². The van der Waals surface area contributed by atoms with E-state index in [1.165, 1.54) is 77.7 Å². The Hall–Kier alpha value is -1.30. The molecule has 0 heterocycles. The summed E-state index contributed by atoms with van der Waals surface area (Å²) in [5, 5.41) is 6.52. The van der Waals surface area contributed by atoms with Gasteiger partial charge >= 0.3 is 12.1 Å². The number of carbonyl (C=O) groups is 2. The second kappa shape index (κ2) is 14.1. The molecule has 0 saturated heterocycles. The number of ether oxygens (including phenoxy) is 2. The highest BCUT2D eigenvalue weighted by atomic mass is 16.6. The summed E-state index contributed by atoms with van der Waals surface area (Å²) in [5.74, 6) is -0.244. The number of esters is 1. The number of amides is 1. The smallest absolute Gasteiger partial charge is 0.408 e. The zero-order valence-electron chi connectivity index (χ0n) is 21.0. The molecular weight excluding hydrogens is 404 g/mol. The SMILES string of the molecule is C1CCC(NC2CCCCC2)CC1.COC(=O)[C@@H](NC(=O)OC(C)(C)C)C1CCCCC1. The summed E-state index contributed by atoms with van der Waals surface area (Å²) < 4.78 is 9.98. The largest absolute Gasteiger partial charge is 0.467 e. The minimum Gasteiger partial charge on any atom is -0.467 e. The summed E-state index contributed by atoms with van der Waals surface area (Å²) in [6, 6.07) is 1.15. The summed E-state index contributed by atoms with van der Waals surface area (Å²) in [6.45, 7) is 5.38. The highest BCUT2D eigenvalue weighted by Gasteiger charge is 2.33. The average molecular weight is 453 g/mol. The van der Waals surface area contributed by atoms with Crippen LogP contribution in [0.2, 0.25) is 0 Å². The molecular formula is C26H48N2O4. The van der Waals surface area contributed by atoms with Crippen LogP contribution in [-0.4, -0.2) is 42.9 Å². The summed E-state index contributed by atoms with van der Waals surface area (Å²) in [7, 11) is 1.34. The molecule has 0 aromatic rings. The summed E-state index contributed by atoms with van der Waals surface area (Å²) in [4.78, 5) is 23.6. The van der Waals surface area contributed by atoms with Crippen LogP contribution < -0.4 is 10.6 Å². The summed E-state index contributed by atoms with van der Waals surface area (Å²) in [5.41, 5.74) is -0.572. The van der Waals surface area contributed by atoms with Crippen molar-refractivity contribution in [1.82, 2.24) is 10.6 Å². The lowest BCUT2D eigenvalue weighted by Crippen LogP contribution is -2.48. The van der Waals surface area contributed by atoms with Crippen LogP contribution in [0.3, 0.4) is 0 Å². The number of rotatable bonds is 5. The molecule has 3 fully saturated rings. The molecule has 0 radical (unpaired) electrons. The van der Waals surface area contributed by atoms with Crippen LogP contribution in [-0.2, 0) is 14.3 Å². The zero-order chi connectivity index (χ0) is 23.4. The Kier molecular flexibility index (Phi) is 11.8. The first-order chi connectivity index (χ1) is 15.3. The maximum Gasteiger partial charge on any atom is 0.408 e. The van der Waals surface area contributed by atoms with Gasteiger partial charge in [-0.05, 0) is 65.2 Å². The van der Waals surface area contributed by atoms with Crippen LogP contribution in [0.1, 0.15) is 117 Å². The van der Waals surface area contributed by atoms with E-state index < -0.39 is 23.7 Å². The summed E-state index contributed by atoms with van der Waals surface area (Å²) in [6.07, 6.45) is 19.3. The van der Waals surface area contributed by atoms with E-state index >= 15 is 0 Å². The van der Waals surface area contributed by atoms with Gasteiger partial charge in [0, 0.05) is 12.1 Å². The fourth-order valence-electron chi connectivity index (χ4n) is 5.27. The van der Waals surface area contributed by atoms with Crippen molar-refractivity contribution in [2.75, 3.05) is 7.11 Å². The molecule has 1 amide bonds. The molecule has 3 aliphatic rings. The van der Waals surface area contributed by atoms with Gasteiger partial charge in [0.25, 0.3) is 0 Å². The Labute approximate surface area is 196 Å². The van der Waals surface area contributed by atoms with Crippen LogP contribution >= 0.6 is 0 Å². The summed E-state index contributed by atoms with van der Waals surface area (Å²) >= 11 is 0. The molecule has 0 spiro atoms. The van der Waals surface area contributed by atoms with E-state index in [0.29, 0.717) is 0 Å². The molecule has 3 aliphatic carbocycles.